The Labute approximate surface area is 169 Å². The van der Waals surface area contributed by atoms with Gasteiger partial charge in [-0.15, -0.1) is 11.3 Å². The van der Waals surface area contributed by atoms with Gasteiger partial charge in [-0.3, -0.25) is 9.69 Å². The summed E-state index contributed by atoms with van der Waals surface area (Å²) in [6, 6.07) is 7.13. The topological polar surface area (TPSA) is 39.7 Å². The number of nitrogens with zero attached hydrogens (tertiary/aromatic N) is 4. The number of piperidine rings is 1. The Morgan fingerprint density at radius 3 is 2.41 bits per heavy atom. The molecule has 2 aromatic rings. The number of carbonyl (C=O) groups excluding carboxylic acids is 1. The smallest absolute Gasteiger partial charge is 0.253 e. The van der Waals surface area contributed by atoms with Crippen LogP contribution < -0.4 is 4.90 Å². The van der Waals surface area contributed by atoms with E-state index >= 15 is 0 Å². The second-order valence-corrected chi connectivity index (χ2v) is 8.52. The van der Waals surface area contributed by atoms with Crippen molar-refractivity contribution >= 4 is 34.0 Å². The van der Waals surface area contributed by atoms with Gasteiger partial charge in [0.15, 0.2) is 5.13 Å². The van der Waals surface area contributed by atoms with E-state index in [0.717, 1.165) is 37.9 Å². The molecule has 7 heteroatoms. The van der Waals surface area contributed by atoms with Gasteiger partial charge in [0.05, 0.1) is 5.69 Å². The van der Waals surface area contributed by atoms with Gasteiger partial charge >= 0.3 is 0 Å². The monoisotopic (exact) mass is 404 g/mol. The second kappa shape index (κ2) is 8.59. The number of likely N-dealkylation sites (tertiary alicyclic amines) is 1. The van der Waals surface area contributed by atoms with Gasteiger partial charge in [-0.1, -0.05) is 18.0 Å². The molecule has 2 fully saturated rings. The van der Waals surface area contributed by atoms with Crippen LogP contribution in [-0.2, 0) is 6.54 Å². The molecule has 144 valence electrons. The number of amides is 1. The van der Waals surface area contributed by atoms with Crippen LogP contribution >= 0.6 is 22.9 Å². The van der Waals surface area contributed by atoms with Crippen molar-refractivity contribution < 1.29 is 4.79 Å². The van der Waals surface area contributed by atoms with E-state index in [2.05, 4.69) is 15.2 Å². The highest BCUT2D eigenvalue weighted by molar-refractivity contribution is 7.13. The first-order chi connectivity index (χ1) is 13.2. The van der Waals surface area contributed by atoms with Crippen LogP contribution in [-0.4, -0.2) is 60.0 Å². The quantitative estimate of drug-likeness (QED) is 0.778. The van der Waals surface area contributed by atoms with E-state index < -0.39 is 0 Å². The Balaban J connectivity index is 1.31. The van der Waals surface area contributed by atoms with Gasteiger partial charge in [0.25, 0.3) is 5.91 Å². The molecule has 0 unspecified atom stereocenters. The zero-order chi connectivity index (χ0) is 18.6. The first kappa shape index (κ1) is 18.7. The maximum atomic E-state index is 12.6. The molecule has 0 N–H and O–H groups in total. The van der Waals surface area contributed by atoms with Crippen molar-refractivity contribution in [1.82, 2.24) is 14.8 Å². The maximum Gasteiger partial charge on any atom is 0.253 e. The molecule has 3 heterocycles. The van der Waals surface area contributed by atoms with Crippen LogP contribution in [0.3, 0.4) is 0 Å². The minimum atomic E-state index is 0.0799. The number of piperazine rings is 1. The van der Waals surface area contributed by atoms with Crippen LogP contribution in [0.2, 0.25) is 5.02 Å². The predicted molar refractivity (Wildman–Crippen MR) is 111 cm³/mol. The molecule has 4 rings (SSSR count). The van der Waals surface area contributed by atoms with Gasteiger partial charge in [-0.05, 0) is 50.2 Å². The third kappa shape index (κ3) is 4.62. The molecule has 1 aromatic carbocycles. The average Bonchev–Trinajstić information content (AvgIpc) is 3.17. The lowest BCUT2D eigenvalue weighted by atomic mass is 10.1. The van der Waals surface area contributed by atoms with Gasteiger partial charge in [-0.25, -0.2) is 4.98 Å². The second-order valence-electron chi connectivity index (χ2n) is 7.24. The molecular weight excluding hydrogens is 380 g/mol. The summed E-state index contributed by atoms with van der Waals surface area (Å²) in [5, 5.41) is 3.93. The molecule has 27 heavy (non-hydrogen) atoms. The summed E-state index contributed by atoms with van der Waals surface area (Å²) in [4.78, 5) is 24.2. The Kier molecular flexibility index (Phi) is 5.95. The number of carbonyl (C=O) groups is 1. The van der Waals surface area contributed by atoms with E-state index in [-0.39, 0.29) is 5.91 Å². The molecule has 2 aliphatic heterocycles. The molecule has 0 aliphatic carbocycles. The van der Waals surface area contributed by atoms with Crippen molar-refractivity contribution in [1.29, 1.82) is 0 Å². The third-order valence-corrected chi connectivity index (χ3v) is 6.50. The average molecular weight is 405 g/mol. The van der Waals surface area contributed by atoms with Crippen molar-refractivity contribution in [2.24, 2.45) is 0 Å². The number of halogens is 1. The molecule has 0 atom stereocenters. The largest absolute Gasteiger partial charge is 0.345 e. The Morgan fingerprint density at radius 2 is 1.70 bits per heavy atom. The minimum absolute atomic E-state index is 0.0799. The van der Waals surface area contributed by atoms with E-state index in [4.69, 9.17) is 16.6 Å². The zero-order valence-corrected chi connectivity index (χ0v) is 17.0. The lowest BCUT2D eigenvalue weighted by Gasteiger charge is -2.34. The van der Waals surface area contributed by atoms with E-state index in [1.807, 2.05) is 4.90 Å². The van der Waals surface area contributed by atoms with Crippen molar-refractivity contribution in [3.05, 3.63) is 45.9 Å². The van der Waals surface area contributed by atoms with E-state index in [1.54, 1.807) is 35.6 Å². The van der Waals surface area contributed by atoms with Gasteiger partial charge in [0, 0.05) is 48.7 Å². The number of anilines is 1. The van der Waals surface area contributed by atoms with Crippen molar-refractivity contribution in [3.63, 3.8) is 0 Å². The molecule has 2 aliphatic rings. The fourth-order valence-corrected chi connectivity index (χ4v) is 4.73. The van der Waals surface area contributed by atoms with E-state index in [9.17, 15) is 4.79 Å². The number of hydrogen-bond acceptors (Lipinski definition) is 5. The van der Waals surface area contributed by atoms with Crippen LogP contribution in [0.1, 0.15) is 35.3 Å². The molecule has 5 nitrogen and oxygen atoms in total. The predicted octanol–water partition coefficient (Wildman–Crippen LogP) is 3.74. The Morgan fingerprint density at radius 1 is 1.00 bits per heavy atom. The van der Waals surface area contributed by atoms with Crippen LogP contribution in [0, 0.1) is 0 Å². The molecule has 1 aromatic heterocycles. The van der Waals surface area contributed by atoms with E-state index in [1.165, 1.54) is 38.0 Å². The summed E-state index contributed by atoms with van der Waals surface area (Å²) < 4.78 is 0. The Bertz CT molecular complexity index is 765. The Hall–Kier alpha value is -1.63. The number of thiazole rings is 1. The zero-order valence-electron chi connectivity index (χ0n) is 15.4. The molecule has 0 spiro atoms. The van der Waals surface area contributed by atoms with Crippen LogP contribution in [0.4, 0.5) is 5.13 Å². The van der Waals surface area contributed by atoms with Gasteiger partial charge in [-0.2, -0.15) is 0 Å². The number of aromatic nitrogens is 1. The summed E-state index contributed by atoms with van der Waals surface area (Å²) in [7, 11) is 0. The summed E-state index contributed by atoms with van der Waals surface area (Å²) in [5.74, 6) is 0.0799. The normalized spacial score (nSPS) is 18.7. The summed E-state index contributed by atoms with van der Waals surface area (Å²) in [6.07, 6.45) is 3.97. The van der Waals surface area contributed by atoms with Crippen molar-refractivity contribution in [2.45, 2.75) is 25.8 Å². The number of hydrogen-bond donors (Lipinski definition) is 0. The van der Waals surface area contributed by atoms with Crippen LogP contribution in [0.5, 0.6) is 0 Å². The minimum Gasteiger partial charge on any atom is -0.345 e. The third-order valence-electron chi connectivity index (χ3n) is 5.30. The van der Waals surface area contributed by atoms with Gasteiger partial charge in [0.2, 0.25) is 0 Å². The lowest BCUT2D eigenvalue weighted by molar-refractivity contribution is 0.0747. The van der Waals surface area contributed by atoms with E-state index in [0.29, 0.717) is 10.6 Å². The van der Waals surface area contributed by atoms with Gasteiger partial charge in [0.1, 0.15) is 0 Å². The van der Waals surface area contributed by atoms with Gasteiger partial charge < -0.3 is 9.80 Å². The van der Waals surface area contributed by atoms with Crippen LogP contribution in [0.15, 0.2) is 29.6 Å². The standard InChI is InChI=1S/C20H25ClN4OS/c21-17-6-4-16(5-7-17)19(26)24-10-12-25(13-11-24)20-22-18(15-27-20)14-23-8-2-1-3-9-23/h4-7,15H,1-3,8-14H2. The maximum absolute atomic E-state index is 12.6. The highest BCUT2D eigenvalue weighted by Gasteiger charge is 2.24. The first-order valence-electron chi connectivity index (χ1n) is 9.65. The SMILES string of the molecule is O=C(c1ccc(Cl)cc1)N1CCN(c2nc(CN3CCCCC3)cs2)CC1. The highest BCUT2D eigenvalue weighted by atomic mass is 35.5. The van der Waals surface area contributed by atoms with Crippen molar-refractivity contribution in [2.75, 3.05) is 44.2 Å². The molecule has 2 saturated heterocycles. The van der Waals surface area contributed by atoms with Crippen LogP contribution in [0.25, 0.3) is 0 Å². The molecule has 0 saturated carbocycles. The first-order valence-corrected chi connectivity index (χ1v) is 10.9. The molecule has 1 amide bonds. The summed E-state index contributed by atoms with van der Waals surface area (Å²) >= 11 is 7.63. The number of rotatable bonds is 4. The molecular formula is C20H25ClN4OS. The summed E-state index contributed by atoms with van der Waals surface area (Å²) in [6.45, 7) is 6.46. The molecule has 0 radical (unpaired) electrons. The fourth-order valence-electron chi connectivity index (χ4n) is 3.74. The van der Waals surface area contributed by atoms with Crippen molar-refractivity contribution in [3.8, 4) is 0 Å². The number of benzene rings is 1. The highest BCUT2D eigenvalue weighted by Crippen LogP contribution is 2.24. The molecule has 0 bridgehead atoms. The summed E-state index contributed by atoms with van der Waals surface area (Å²) in [5.41, 5.74) is 1.88. The lowest BCUT2D eigenvalue weighted by Crippen LogP contribution is -2.48. The fraction of sp³-hybridized carbons (Fsp3) is 0.500.